The molecule has 0 radical (unpaired) electrons. The lowest BCUT2D eigenvalue weighted by atomic mass is 9.97. The zero-order valence-electron chi connectivity index (χ0n) is 13.9. The number of hydrogen-bond donors (Lipinski definition) is 2. The average Bonchev–Trinajstić information content (AvgIpc) is 3.00. The number of hydrogen-bond acceptors (Lipinski definition) is 1. The molecule has 4 rings (SSSR count). The van der Waals surface area contributed by atoms with E-state index in [-0.39, 0.29) is 0 Å². The normalized spacial score (nSPS) is 11.0. The van der Waals surface area contributed by atoms with Crippen LogP contribution >= 0.6 is 11.6 Å². The van der Waals surface area contributed by atoms with Gasteiger partial charge in [-0.05, 0) is 41.0 Å². The quantitative estimate of drug-likeness (QED) is 0.484. The molecular formula is C22H16ClNO2. The molecule has 0 atom stereocenters. The minimum Gasteiger partial charge on any atom is -0.478 e. The number of H-pyrrole nitrogens is 1. The van der Waals surface area contributed by atoms with E-state index >= 15 is 0 Å². The highest BCUT2D eigenvalue weighted by atomic mass is 35.5. The number of nitrogens with one attached hydrogen (secondary N) is 1. The number of aromatic amines is 1. The summed E-state index contributed by atoms with van der Waals surface area (Å²) in [7, 11) is 0. The second-order valence-electron chi connectivity index (χ2n) is 6.22. The van der Waals surface area contributed by atoms with Crippen LogP contribution < -0.4 is 0 Å². The molecule has 1 aromatic heterocycles. The smallest absolute Gasteiger partial charge is 0.335 e. The van der Waals surface area contributed by atoms with Gasteiger partial charge in [0.1, 0.15) is 0 Å². The molecule has 26 heavy (non-hydrogen) atoms. The molecule has 3 nitrogen and oxygen atoms in total. The van der Waals surface area contributed by atoms with Gasteiger partial charge < -0.3 is 10.1 Å². The maximum Gasteiger partial charge on any atom is 0.335 e. The fourth-order valence-corrected chi connectivity index (χ4v) is 3.45. The van der Waals surface area contributed by atoms with Gasteiger partial charge in [-0.2, -0.15) is 0 Å². The van der Waals surface area contributed by atoms with E-state index in [1.165, 1.54) is 0 Å². The van der Waals surface area contributed by atoms with Crippen LogP contribution in [0.5, 0.6) is 0 Å². The Balaban J connectivity index is 1.87. The van der Waals surface area contributed by atoms with Crippen molar-refractivity contribution in [3.8, 4) is 11.3 Å². The first kappa shape index (κ1) is 16.4. The Morgan fingerprint density at radius 2 is 1.77 bits per heavy atom. The summed E-state index contributed by atoms with van der Waals surface area (Å²) in [6, 6.07) is 23.0. The first-order chi connectivity index (χ1) is 12.6. The van der Waals surface area contributed by atoms with Crippen LogP contribution in [0.25, 0.3) is 22.2 Å². The number of carboxylic acids is 1. The third-order valence-corrected chi connectivity index (χ3v) is 4.72. The second kappa shape index (κ2) is 6.70. The van der Waals surface area contributed by atoms with E-state index in [9.17, 15) is 9.90 Å². The van der Waals surface area contributed by atoms with Crippen LogP contribution in [0.2, 0.25) is 5.02 Å². The topological polar surface area (TPSA) is 53.1 Å². The summed E-state index contributed by atoms with van der Waals surface area (Å²) in [5, 5.41) is 11.0. The molecule has 0 saturated carbocycles. The molecular weight excluding hydrogens is 346 g/mol. The zero-order chi connectivity index (χ0) is 18.1. The Kier molecular flexibility index (Phi) is 4.23. The minimum atomic E-state index is -0.916. The maximum atomic E-state index is 11.3. The van der Waals surface area contributed by atoms with E-state index < -0.39 is 5.97 Å². The number of benzene rings is 3. The number of carboxylic acid groups (broad SMARTS) is 1. The van der Waals surface area contributed by atoms with Gasteiger partial charge in [0.15, 0.2) is 0 Å². The summed E-state index contributed by atoms with van der Waals surface area (Å²) in [5.74, 6) is -0.916. The Morgan fingerprint density at radius 1 is 0.962 bits per heavy atom. The molecule has 1 heterocycles. The number of aromatic carboxylic acids is 1. The van der Waals surface area contributed by atoms with Crippen LogP contribution in [-0.2, 0) is 6.42 Å². The van der Waals surface area contributed by atoms with Crippen LogP contribution in [0.3, 0.4) is 0 Å². The number of halogens is 1. The lowest BCUT2D eigenvalue weighted by molar-refractivity contribution is 0.0697. The van der Waals surface area contributed by atoms with Crippen LogP contribution in [0.1, 0.15) is 21.5 Å². The van der Waals surface area contributed by atoms with Gasteiger partial charge >= 0.3 is 5.97 Å². The molecule has 4 aromatic rings. The molecule has 4 heteroatoms. The van der Waals surface area contributed by atoms with Gasteiger partial charge in [-0.15, -0.1) is 0 Å². The molecule has 0 fully saturated rings. The molecule has 0 unspecified atom stereocenters. The molecule has 0 saturated heterocycles. The van der Waals surface area contributed by atoms with Gasteiger partial charge in [-0.3, -0.25) is 0 Å². The van der Waals surface area contributed by atoms with Gasteiger partial charge in [0.05, 0.1) is 11.3 Å². The van der Waals surface area contributed by atoms with Crippen LogP contribution in [0.15, 0.2) is 72.8 Å². The molecule has 3 aromatic carbocycles. The monoisotopic (exact) mass is 361 g/mol. The summed E-state index contributed by atoms with van der Waals surface area (Å²) in [6.07, 6.45) is 0.632. The van der Waals surface area contributed by atoms with Crippen molar-refractivity contribution in [1.82, 2.24) is 4.98 Å². The van der Waals surface area contributed by atoms with Crippen molar-refractivity contribution in [2.24, 2.45) is 0 Å². The summed E-state index contributed by atoms with van der Waals surface area (Å²) in [6.45, 7) is 0. The third-order valence-electron chi connectivity index (χ3n) is 4.49. The third kappa shape index (κ3) is 3.09. The Morgan fingerprint density at radius 3 is 2.54 bits per heavy atom. The van der Waals surface area contributed by atoms with Crippen LogP contribution in [0.4, 0.5) is 0 Å². The first-order valence-electron chi connectivity index (χ1n) is 8.29. The van der Waals surface area contributed by atoms with E-state index in [1.807, 2.05) is 42.5 Å². The SMILES string of the molecule is O=C(O)c1cccc(Cc2c(-c3ccccc3)[nH]c3cc(Cl)ccc23)c1. The van der Waals surface area contributed by atoms with Crippen molar-refractivity contribution in [2.75, 3.05) is 0 Å². The summed E-state index contributed by atoms with van der Waals surface area (Å²) in [5.41, 5.74) is 5.48. The van der Waals surface area contributed by atoms with Crippen molar-refractivity contribution < 1.29 is 9.90 Å². The summed E-state index contributed by atoms with van der Waals surface area (Å²) in [4.78, 5) is 14.8. The average molecular weight is 362 g/mol. The largest absolute Gasteiger partial charge is 0.478 e. The van der Waals surface area contributed by atoms with Crippen molar-refractivity contribution in [3.63, 3.8) is 0 Å². The fraction of sp³-hybridized carbons (Fsp3) is 0.0455. The molecule has 128 valence electrons. The van der Waals surface area contributed by atoms with E-state index in [1.54, 1.807) is 18.2 Å². The van der Waals surface area contributed by atoms with Crippen molar-refractivity contribution >= 4 is 28.5 Å². The number of rotatable bonds is 4. The molecule has 0 aliphatic rings. The predicted molar refractivity (Wildman–Crippen MR) is 105 cm³/mol. The standard InChI is InChI=1S/C22H16ClNO2/c23-17-9-10-18-19(12-14-5-4-8-16(11-14)22(25)26)21(24-20(18)13-17)15-6-2-1-3-7-15/h1-11,13,24H,12H2,(H,25,26). The van der Waals surface area contributed by atoms with Gasteiger partial charge in [-0.1, -0.05) is 60.1 Å². The Bertz CT molecular complexity index is 1100. The van der Waals surface area contributed by atoms with Crippen LogP contribution in [-0.4, -0.2) is 16.1 Å². The molecule has 0 spiro atoms. The Hall–Kier alpha value is -3.04. The number of aromatic nitrogens is 1. The zero-order valence-corrected chi connectivity index (χ0v) is 14.6. The Labute approximate surface area is 155 Å². The second-order valence-corrected chi connectivity index (χ2v) is 6.65. The molecule has 0 amide bonds. The number of carbonyl (C=O) groups is 1. The molecule has 0 bridgehead atoms. The van der Waals surface area contributed by atoms with Crippen molar-refractivity contribution in [1.29, 1.82) is 0 Å². The molecule has 0 aliphatic carbocycles. The van der Waals surface area contributed by atoms with Gasteiger partial charge in [0, 0.05) is 22.3 Å². The van der Waals surface area contributed by atoms with E-state index in [4.69, 9.17) is 11.6 Å². The molecule has 2 N–H and O–H groups in total. The van der Waals surface area contributed by atoms with Crippen LogP contribution in [0, 0.1) is 0 Å². The fourth-order valence-electron chi connectivity index (χ4n) is 3.28. The summed E-state index contributed by atoms with van der Waals surface area (Å²) < 4.78 is 0. The highest BCUT2D eigenvalue weighted by Crippen LogP contribution is 2.33. The lowest BCUT2D eigenvalue weighted by Crippen LogP contribution is -1.98. The van der Waals surface area contributed by atoms with Gasteiger partial charge in [-0.25, -0.2) is 4.79 Å². The lowest BCUT2D eigenvalue weighted by Gasteiger charge is -2.07. The highest BCUT2D eigenvalue weighted by Gasteiger charge is 2.14. The molecule has 0 aliphatic heterocycles. The van der Waals surface area contributed by atoms with Crippen molar-refractivity contribution in [3.05, 3.63) is 94.5 Å². The summed E-state index contributed by atoms with van der Waals surface area (Å²) >= 11 is 6.16. The van der Waals surface area contributed by atoms with E-state index in [0.29, 0.717) is 17.0 Å². The van der Waals surface area contributed by atoms with E-state index in [0.717, 1.165) is 33.3 Å². The number of fused-ring (bicyclic) bond motifs is 1. The van der Waals surface area contributed by atoms with Gasteiger partial charge in [0.25, 0.3) is 0 Å². The predicted octanol–water partition coefficient (Wildman–Crippen LogP) is 5.78. The van der Waals surface area contributed by atoms with Crippen molar-refractivity contribution in [2.45, 2.75) is 6.42 Å². The minimum absolute atomic E-state index is 0.298. The first-order valence-corrected chi connectivity index (χ1v) is 8.67. The van der Waals surface area contributed by atoms with E-state index in [2.05, 4.69) is 17.1 Å². The van der Waals surface area contributed by atoms with Gasteiger partial charge in [0.2, 0.25) is 0 Å². The maximum absolute atomic E-state index is 11.3. The highest BCUT2D eigenvalue weighted by molar-refractivity contribution is 6.31.